The van der Waals surface area contributed by atoms with Crippen LogP contribution in [0.1, 0.15) is 0 Å². The van der Waals surface area contributed by atoms with E-state index in [9.17, 15) is 0 Å². The number of aromatic nitrogens is 1. The number of oxazole rings is 1. The summed E-state index contributed by atoms with van der Waals surface area (Å²) in [6.45, 7) is 0. The molecule has 5 heteroatoms. The SMILES string of the molecule is COc1ccc(-c2nc(OC)oc2-c2ccc(OC)cc2)cc1. The van der Waals surface area contributed by atoms with Gasteiger partial charge in [0.2, 0.25) is 0 Å². The second kappa shape index (κ2) is 6.44. The van der Waals surface area contributed by atoms with E-state index in [2.05, 4.69) is 4.98 Å². The first-order valence-electron chi connectivity index (χ1n) is 7.09. The smallest absolute Gasteiger partial charge is 0.394 e. The van der Waals surface area contributed by atoms with Crippen molar-refractivity contribution in [1.29, 1.82) is 0 Å². The maximum Gasteiger partial charge on any atom is 0.394 e. The molecular formula is C18H17NO4. The Labute approximate surface area is 134 Å². The third kappa shape index (κ3) is 2.99. The Bertz CT molecular complexity index is 711. The lowest BCUT2D eigenvalue weighted by Gasteiger charge is -2.04. The number of nitrogens with zero attached hydrogens (tertiary/aromatic N) is 1. The molecule has 5 nitrogen and oxygen atoms in total. The Hall–Kier alpha value is -2.95. The molecule has 1 heterocycles. The molecule has 0 unspecified atom stereocenters. The van der Waals surface area contributed by atoms with Gasteiger partial charge < -0.3 is 18.6 Å². The molecule has 0 saturated heterocycles. The van der Waals surface area contributed by atoms with Crippen molar-refractivity contribution in [2.24, 2.45) is 0 Å². The van der Waals surface area contributed by atoms with E-state index < -0.39 is 0 Å². The third-order valence-electron chi connectivity index (χ3n) is 3.50. The van der Waals surface area contributed by atoms with Gasteiger partial charge in [-0.3, -0.25) is 0 Å². The van der Waals surface area contributed by atoms with Crippen LogP contribution in [0.15, 0.2) is 52.9 Å². The maximum atomic E-state index is 5.73. The first kappa shape index (κ1) is 15.0. The van der Waals surface area contributed by atoms with Gasteiger partial charge in [0, 0.05) is 11.1 Å². The van der Waals surface area contributed by atoms with Crippen molar-refractivity contribution in [2.45, 2.75) is 0 Å². The Balaban J connectivity index is 2.06. The van der Waals surface area contributed by atoms with Crippen LogP contribution in [0.25, 0.3) is 22.6 Å². The van der Waals surface area contributed by atoms with Crippen LogP contribution in [-0.2, 0) is 0 Å². The average Bonchev–Trinajstić information content (AvgIpc) is 3.06. The van der Waals surface area contributed by atoms with Crippen LogP contribution in [0.4, 0.5) is 0 Å². The minimum absolute atomic E-state index is 0.224. The molecule has 118 valence electrons. The highest BCUT2D eigenvalue weighted by molar-refractivity contribution is 5.77. The van der Waals surface area contributed by atoms with Gasteiger partial charge in [-0.05, 0) is 48.5 Å². The van der Waals surface area contributed by atoms with Gasteiger partial charge in [-0.2, -0.15) is 4.98 Å². The Kier molecular flexibility index (Phi) is 4.19. The molecule has 0 spiro atoms. The molecule has 1 aromatic heterocycles. The summed E-state index contributed by atoms with van der Waals surface area (Å²) in [5, 5.41) is 0. The number of hydrogen-bond donors (Lipinski definition) is 0. The summed E-state index contributed by atoms with van der Waals surface area (Å²) in [6.07, 6.45) is 0.224. The van der Waals surface area contributed by atoms with Crippen molar-refractivity contribution < 1.29 is 18.6 Å². The molecule has 3 aromatic rings. The second-order valence-corrected chi connectivity index (χ2v) is 4.82. The Morgan fingerprint density at radius 3 is 1.70 bits per heavy atom. The summed E-state index contributed by atoms with van der Waals surface area (Å²) in [6, 6.07) is 15.2. The molecule has 0 saturated carbocycles. The van der Waals surface area contributed by atoms with Crippen LogP contribution in [0.3, 0.4) is 0 Å². The van der Waals surface area contributed by atoms with Crippen molar-refractivity contribution in [2.75, 3.05) is 21.3 Å². The number of benzene rings is 2. The maximum absolute atomic E-state index is 5.73. The molecule has 0 aliphatic rings. The number of ether oxygens (including phenoxy) is 3. The van der Waals surface area contributed by atoms with E-state index in [1.807, 2.05) is 48.5 Å². The number of rotatable bonds is 5. The topological polar surface area (TPSA) is 53.7 Å². The van der Waals surface area contributed by atoms with Gasteiger partial charge in [0.1, 0.15) is 17.2 Å². The number of hydrogen-bond acceptors (Lipinski definition) is 5. The van der Waals surface area contributed by atoms with E-state index in [1.54, 1.807) is 14.2 Å². The lowest BCUT2D eigenvalue weighted by Crippen LogP contribution is -1.86. The fourth-order valence-electron chi connectivity index (χ4n) is 2.27. The Morgan fingerprint density at radius 2 is 1.22 bits per heavy atom. The standard InChI is InChI=1S/C18H17NO4/c1-20-14-8-4-12(5-9-14)16-17(23-18(19-16)22-3)13-6-10-15(21-2)11-7-13/h4-11H,1-3H3. The van der Waals surface area contributed by atoms with Crippen LogP contribution in [0, 0.1) is 0 Å². The van der Waals surface area contributed by atoms with Crippen molar-refractivity contribution in [3.8, 4) is 40.2 Å². The molecule has 0 fully saturated rings. The number of methoxy groups -OCH3 is 3. The fraction of sp³-hybridized carbons (Fsp3) is 0.167. The molecule has 0 atom stereocenters. The van der Waals surface area contributed by atoms with Gasteiger partial charge in [-0.1, -0.05) is 0 Å². The van der Waals surface area contributed by atoms with Gasteiger partial charge in [-0.25, -0.2) is 0 Å². The minimum Gasteiger partial charge on any atom is -0.497 e. The van der Waals surface area contributed by atoms with Gasteiger partial charge in [-0.15, -0.1) is 0 Å². The zero-order valence-corrected chi connectivity index (χ0v) is 13.2. The summed E-state index contributed by atoms with van der Waals surface area (Å²) < 4.78 is 21.2. The quantitative estimate of drug-likeness (QED) is 0.712. The summed E-state index contributed by atoms with van der Waals surface area (Å²) >= 11 is 0. The van der Waals surface area contributed by atoms with Crippen LogP contribution < -0.4 is 14.2 Å². The second-order valence-electron chi connectivity index (χ2n) is 4.82. The zero-order valence-electron chi connectivity index (χ0n) is 13.2. The van der Waals surface area contributed by atoms with E-state index in [0.717, 1.165) is 28.3 Å². The predicted octanol–water partition coefficient (Wildman–Crippen LogP) is 4.03. The normalized spacial score (nSPS) is 10.4. The minimum atomic E-state index is 0.224. The highest BCUT2D eigenvalue weighted by Gasteiger charge is 2.17. The zero-order chi connectivity index (χ0) is 16.2. The molecule has 0 bridgehead atoms. The van der Waals surface area contributed by atoms with Gasteiger partial charge in [0.05, 0.1) is 21.3 Å². The monoisotopic (exact) mass is 311 g/mol. The fourth-order valence-corrected chi connectivity index (χ4v) is 2.27. The first-order chi connectivity index (χ1) is 11.2. The summed E-state index contributed by atoms with van der Waals surface area (Å²) in [4.78, 5) is 4.41. The summed E-state index contributed by atoms with van der Waals surface area (Å²) in [5.74, 6) is 2.22. The van der Waals surface area contributed by atoms with Crippen LogP contribution in [0.2, 0.25) is 0 Å². The molecular weight excluding hydrogens is 294 g/mol. The highest BCUT2D eigenvalue weighted by atomic mass is 16.6. The lowest BCUT2D eigenvalue weighted by atomic mass is 10.1. The first-order valence-corrected chi connectivity index (χ1v) is 7.09. The molecule has 0 aliphatic heterocycles. The molecule has 3 rings (SSSR count). The molecule has 0 aliphatic carbocycles. The molecule has 0 N–H and O–H groups in total. The molecule has 23 heavy (non-hydrogen) atoms. The van der Waals surface area contributed by atoms with Gasteiger partial charge in [0.15, 0.2) is 5.76 Å². The summed E-state index contributed by atoms with van der Waals surface area (Å²) in [5.41, 5.74) is 2.53. The van der Waals surface area contributed by atoms with Crippen molar-refractivity contribution in [1.82, 2.24) is 4.98 Å². The van der Waals surface area contributed by atoms with Crippen molar-refractivity contribution in [3.63, 3.8) is 0 Å². The van der Waals surface area contributed by atoms with E-state index >= 15 is 0 Å². The average molecular weight is 311 g/mol. The highest BCUT2D eigenvalue weighted by Crippen LogP contribution is 2.36. The van der Waals surface area contributed by atoms with Crippen LogP contribution >= 0.6 is 0 Å². The summed E-state index contributed by atoms with van der Waals surface area (Å²) in [7, 11) is 4.80. The van der Waals surface area contributed by atoms with E-state index in [0.29, 0.717) is 5.76 Å². The molecule has 2 aromatic carbocycles. The Morgan fingerprint density at radius 1 is 0.696 bits per heavy atom. The van der Waals surface area contributed by atoms with E-state index in [-0.39, 0.29) is 6.08 Å². The van der Waals surface area contributed by atoms with Crippen LogP contribution in [-0.4, -0.2) is 26.3 Å². The van der Waals surface area contributed by atoms with E-state index in [1.165, 1.54) is 7.11 Å². The van der Waals surface area contributed by atoms with E-state index in [4.69, 9.17) is 18.6 Å². The largest absolute Gasteiger partial charge is 0.497 e. The van der Waals surface area contributed by atoms with Crippen LogP contribution in [0.5, 0.6) is 17.6 Å². The molecule has 0 radical (unpaired) electrons. The predicted molar refractivity (Wildman–Crippen MR) is 87.0 cm³/mol. The van der Waals surface area contributed by atoms with Crippen molar-refractivity contribution in [3.05, 3.63) is 48.5 Å². The lowest BCUT2D eigenvalue weighted by molar-refractivity contribution is 0.293. The van der Waals surface area contributed by atoms with Gasteiger partial charge in [0.25, 0.3) is 0 Å². The third-order valence-corrected chi connectivity index (χ3v) is 3.50. The molecule has 0 amide bonds. The van der Waals surface area contributed by atoms with Crippen molar-refractivity contribution >= 4 is 0 Å². The van der Waals surface area contributed by atoms with Gasteiger partial charge >= 0.3 is 6.08 Å².